The summed E-state index contributed by atoms with van der Waals surface area (Å²) in [6.07, 6.45) is 2.56. The van der Waals surface area contributed by atoms with Crippen molar-refractivity contribution in [3.63, 3.8) is 0 Å². The number of morpholine rings is 1. The van der Waals surface area contributed by atoms with Crippen molar-refractivity contribution in [2.24, 2.45) is 0 Å². The molecule has 2 heterocycles. The maximum atomic E-state index is 15.0. The van der Waals surface area contributed by atoms with Gasteiger partial charge >= 0.3 is 0 Å². The number of sulfone groups is 1. The Labute approximate surface area is 247 Å². The fourth-order valence-corrected chi connectivity index (χ4v) is 5.05. The molecule has 1 aliphatic rings. The molecule has 0 unspecified atom stereocenters. The van der Waals surface area contributed by atoms with Crippen molar-refractivity contribution in [3.8, 4) is 16.9 Å². The van der Waals surface area contributed by atoms with E-state index in [0.717, 1.165) is 31.3 Å². The van der Waals surface area contributed by atoms with E-state index in [-0.39, 0.29) is 25.9 Å². The first kappa shape index (κ1) is 35.1. The average Bonchev–Trinajstić information content (AvgIpc) is 3.39. The number of hydroxylamine groups is 1. The summed E-state index contributed by atoms with van der Waals surface area (Å²) >= 11 is 0. The molecule has 1 fully saturated rings. The van der Waals surface area contributed by atoms with Crippen LogP contribution >= 0.6 is 0 Å². The molecule has 236 valence electrons. The molecule has 4 rings (SSSR count). The van der Waals surface area contributed by atoms with Gasteiger partial charge in [-0.05, 0) is 43.2 Å². The van der Waals surface area contributed by atoms with Gasteiger partial charge in [0.05, 0.1) is 18.7 Å². The van der Waals surface area contributed by atoms with Crippen LogP contribution in [0, 0.1) is 5.82 Å². The van der Waals surface area contributed by atoms with Crippen LogP contribution in [0.5, 0.6) is 5.75 Å². The standard InChI is InChI=1S/C25H31FN4O6S.2CH2O2/c1-25(24(31)28-32,37(2,33)34)7-8-30-17-19-15-18(3-6-23(19)27-30)21-5-4-20(16-22(21)26)36-14-11-29-9-12-35-13-10-29;2*2-1-3/h3-6,15-17,32H,7-14H2,1-2H3,(H,28,31);2*1H,(H,2,3)/t25-;;/m1../s1. The zero-order valence-electron chi connectivity index (χ0n) is 23.7. The van der Waals surface area contributed by atoms with Crippen molar-refractivity contribution < 1.29 is 52.1 Å². The van der Waals surface area contributed by atoms with E-state index in [1.54, 1.807) is 36.5 Å². The normalized spacial score (nSPS) is 14.7. The molecule has 1 saturated heterocycles. The van der Waals surface area contributed by atoms with Gasteiger partial charge in [0, 0.05) is 55.6 Å². The van der Waals surface area contributed by atoms with Gasteiger partial charge < -0.3 is 19.7 Å². The summed E-state index contributed by atoms with van der Waals surface area (Å²) in [4.78, 5) is 31.0. The van der Waals surface area contributed by atoms with E-state index in [4.69, 9.17) is 34.5 Å². The van der Waals surface area contributed by atoms with Gasteiger partial charge in [-0.1, -0.05) is 6.07 Å². The number of hydrogen-bond acceptors (Lipinski definition) is 10. The molecule has 1 aliphatic heterocycles. The Balaban J connectivity index is 0.000000992. The monoisotopic (exact) mass is 626 g/mol. The number of amides is 1. The van der Waals surface area contributed by atoms with Crippen molar-refractivity contribution in [1.82, 2.24) is 20.2 Å². The first-order chi connectivity index (χ1) is 20.4. The van der Waals surface area contributed by atoms with Crippen LogP contribution in [0.2, 0.25) is 0 Å². The summed E-state index contributed by atoms with van der Waals surface area (Å²) in [6.45, 7) is 5.25. The number of nitrogens with zero attached hydrogens (tertiary/aromatic N) is 3. The van der Waals surface area contributed by atoms with Crippen LogP contribution in [0.25, 0.3) is 22.0 Å². The lowest BCUT2D eigenvalue weighted by Crippen LogP contribution is -2.49. The molecule has 43 heavy (non-hydrogen) atoms. The number of hydrogen-bond donors (Lipinski definition) is 4. The Kier molecular flexibility index (Phi) is 13.5. The molecule has 0 spiro atoms. The van der Waals surface area contributed by atoms with Crippen molar-refractivity contribution in [2.45, 2.75) is 24.6 Å². The third-order valence-corrected chi connectivity index (χ3v) is 8.83. The van der Waals surface area contributed by atoms with Gasteiger partial charge in [-0.15, -0.1) is 0 Å². The zero-order chi connectivity index (χ0) is 32.0. The van der Waals surface area contributed by atoms with Gasteiger partial charge in [-0.2, -0.15) is 5.10 Å². The Morgan fingerprint density at radius 2 is 1.79 bits per heavy atom. The second kappa shape index (κ2) is 16.5. The number of aryl methyl sites for hydroxylation is 1. The first-order valence-electron chi connectivity index (χ1n) is 12.9. The Hall–Kier alpha value is -4.12. The molecule has 4 N–H and O–H groups in total. The lowest BCUT2D eigenvalue weighted by molar-refractivity contribution is -0.131. The minimum atomic E-state index is -3.81. The van der Waals surface area contributed by atoms with E-state index < -0.39 is 26.3 Å². The number of halogens is 1. The summed E-state index contributed by atoms with van der Waals surface area (Å²) in [5, 5.41) is 27.9. The third-order valence-electron chi connectivity index (χ3n) is 6.80. The molecule has 1 amide bonds. The van der Waals surface area contributed by atoms with Gasteiger partial charge in [0.1, 0.15) is 18.2 Å². The fraction of sp³-hybridized carbons (Fsp3) is 0.407. The van der Waals surface area contributed by atoms with E-state index in [0.29, 0.717) is 42.2 Å². The van der Waals surface area contributed by atoms with Gasteiger partial charge in [0.15, 0.2) is 14.6 Å². The quantitative estimate of drug-likeness (QED) is 0.144. The van der Waals surface area contributed by atoms with Crippen LogP contribution < -0.4 is 10.2 Å². The highest BCUT2D eigenvalue weighted by atomic mass is 32.2. The van der Waals surface area contributed by atoms with E-state index in [2.05, 4.69) is 10.00 Å². The largest absolute Gasteiger partial charge is 0.492 e. The molecule has 0 bridgehead atoms. The molecule has 0 aliphatic carbocycles. The van der Waals surface area contributed by atoms with E-state index in [1.807, 2.05) is 0 Å². The smallest absolute Gasteiger partial charge is 0.290 e. The summed E-state index contributed by atoms with van der Waals surface area (Å²) in [5.74, 6) is -0.947. The van der Waals surface area contributed by atoms with Crippen LogP contribution in [-0.2, 0) is 35.5 Å². The highest BCUT2D eigenvalue weighted by Crippen LogP contribution is 2.29. The number of carbonyl (C=O) groups is 3. The number of carbonyl (C=O) groups excluding carboxylic acids is 1. The van der Waals surface area contributed by atoms with Crippen LogP contribution in [0.3, 0.4) is 0 Å². The Morgan fingerprint density at radius 1 is 1.14 bits per heavy atom. The summed E-state index contributed by atoms with van der Waals surface area (Å²) in [6, 6.07) is 10.1. The van der Waals surface area contributed by atoms with Crippen molar-refractivity contribution in [3.05, 3.63) is 48.4 Å². The number of fused-ring (bicyclic) bond motifs is 1. The highest BCUT2D eigenvalue weighted by Gasteiger charge is 2.43. The van der Waals surface area contributed by atoms with Crippen molar-refractivity contribution in [2.75, 3.05) is 45.7 Å². The van der Waals surface area contributed by atoms with Gasteiger partial charge in [0.25, 0.3) is 18.9 Å². The molecule has 3 aromatic rings. The molecular formula is C27H35FN4O10S. The maximum absolute atomic E-state index is 15.0. The van der Waals surface area contributed by atoms with E-state index in [9.17, 15) is 17.6 Å². The number of carboxylic acid groups (broad SMARTS) is 2. The predicted molar refractivity (Wildman–Crippen MR) is 153 cm³/mol. The maximum Gasteiger partial charge on any atom is 0.290 e. The highest BCUT2D eigenvalue weighted by molar-refractivity contribution is 7.92. The topological polar surface area (TPSA) is 198 Å². The van der Waals surface area contributed by atoms with Crippen LogP contribution in [-0.4, -0.2) is 108 Å². The third kappa shape index (κ3) is 9.71. The lowest BCUT2D eigenvalue weighted by Gasteiger charge is -2.26. The van der Waals surface area contributed by atoms with Crippen LogP contribution in [0.1, 0.15) is 13.3 Å². The molecule has 1 atom stereocenters. The Morgan fingerprint density at radius 3 is 2.37 bits per heavy atom. The van der Waals surface area contributed by atoms with Crippen molar-refractivity contribution >= 4 is 39.6 Å². The summed E-state index contributed by atoms with van der Waals surface area (Å²) in [5.41, 5.74) is 3.15. The second-order valence-corrected chi connectivity index (χ2v) is 12.0. The molecule has 2 aromatic carbocycles. The van der Waals surface area contributed by atoms with E-state index >= 15 is 0 Å². The first-order valence-corrected chi connectivity index (χ1v) is 14.8. The number of nitrogens with one attached hydrogen (secondary N) is 1. The molecule has 0 radical (unpaired) electrons. The zero-order valence-corrected chi connectivity index (χ0v) is 24.5. The molecule has 14 nitrogen and oxygen atoms in total. The second-order valence-electron chi connectivity index (χ2n) is 9.51. The molecular weight excluding hydrogens is 591 g/mol. The van der Waals surface area contributed by atoms with Crippen LogP contribution in [0.4, 0.5) is 4.39 Å². The SMILES string of the molecule is C[C@@](CCn1cc2cc(-c3ccc(OCCN4CCOCC4)cc3F)ccc2n1)(C(=O)NO)S(C)(=O)=O.O=CO.O=CO. The number of aromatic nitrogens is 2. The predicted octanol–water partition coefficient (Wildman–Crippen LogP) is 1.65. The average molecular weight is 627 g/mol. The van der Waals surface area contributed by atoms with Crippen molar-refractivity contribution in [1.29, 1.82) is 0 Å². The summed E-state index contributed by atoms with van der Waals surface area (Å²) in [7, 11) is -3.81. The number of rotatable bonds is 10. The van der Waals surface area contributed by atoms with Crippen LogP contribution in [0.15, 0.2) is 42.6 Å². The minimum absolute atomic E-state index is 0.0965. The van der Waals surface area contributed by atoms with Gasteiger partial charge in [-0.3, -0.25) is 29.2 Å². The number of benzene rings is 2. The van der Waals surface area contributed by atoms with Gasteiger partial charge in [0.2, 0.25) is 0 Å². The minimum Gasteiger partial charge on any atom is -0.492 e. The Bertz CT molecular complexity index is 1470. The summed E-state index contributed by atoms with van der Waals surface area (Å²) < 4.78 is 50.1. The number of ether oxygens (including phenoxy) is 2. The molecule has 0 saturated carbocycles. The molecule has 1 aromatic heterocycles. The fourth-order valence-electron chi connectivity index (χ4n) is 4.21. The van der Waals surface area contributed by atoms with Gasteiger partial charge in [-0.25, -0.2) is 18.3 Å². The van der Waals surface area contributed by atoms with E-state index in [1.165, 1.54) is 23.2 Å². The molecule has 16 heteroatoms. The lowest BCUT2D eigenvalue weighted by atomic mass is 10.0.